The Morgan fingerprint density at radius 3 is 2.24 bits per heavy atom. The number of Topliss-reactive ketones (excluding diaryl/α,β-unsaturated/α-hetero) is 1. The second-order valence-corrected chi connectivity index (χ2v) is 8.60. The first-order valence-electron chi connectivity index (χ1n) is 11.7. The summed E-state index contributed by atoms with van der Waals surface area (Å²) in [6, 6.07) is 0. The Kier molecular flexibility index (Phi) is 12.7. The molecular formula is C26H40O7. The number of hydrogen-bond acceptors (Lipinski definition) is 7. The van der Waals surface area contributed by atoms with Gasteiger partial charge in [-0.3, -0.25) is 14.4 Å². The summed E-state index contributed by atoms with van der Waals surface area (Å²) in [5.74, 6) is -0.153. The van der Waals surface area contributed by atoms with Gasteiger partial charge in [0.15, 0.2) is 17.6 Å². The molecule has 3 atom stereocenters. The minimum absolute atomic E-state index is 0.00244. The zero-order valence-corrected chi connectivity index (χ0v) is 21.2. The number of cyclic esters (lactones) is 1. The van der Waals surface area contributed by atoms with E-state index in [1.54, 1.807) is 6.92 Å². The lowest BCUT2D eigenvalue weighted by molar-refractivity contribution is -0.144. The van der Waals surface area contributed by atoms with E-state index in [9.17, 15) is 14.4 Å². The van der Waals surface area contributed by atoms with Crippen LogP contribution in [0.5, 0.6) is 0 Å². The summed E-state index contributed by atoms with van der Waals surface area (Å²) >= 11 is 0. The number of methoxy groups -OCH3 is 2. The van der Waals surface area contributed by atoms with Crippen molar-refractivity contribution in [3.63, 3.8) is 0 Å². The molecule has 0 saturated carbocycles. The summed E-state index contributed by atoms with van der Waals surface area (Å²) in [4.78, 5) is 35.3. The maximum Gasteiger partial charge on any atom is 0.309 e. The van der Waals surface area contributed by atoms with E-state index < -0.39 is 12.1 Å². The molecule has 0 spiro atoms. The third-order valence-electron chi connectivity index (χ3n) is 5.62. The van der Waals surface area contributed by atoms with Crippen molar-refractivity contribution in [2.45, 2.75) is 91.8 Å². The molecular weight excluding hydrogens is 424 g/mol. The van der Waals surface area contributed by atoms with Crippen LogP contribution in [-0.4, -0.2) is 44.1 Å². The Morgan fingerprint density at radius 2 is 1.73 bits per heavy atom. The van der Waals surface area contributed by atoms with Crippen LogP contribution in [0.2, 0.25) is 0 Å². The Morgan fingerprint density at radius 1 is 1.09 bits per heavy atom. The molecule has 0 aromatic rings. The quantitative estimate of drug-likeness (QED) is 0.198. The van der Waals surface area contributed by atoms with Crippen LogP contribution in [0.25, 0.3) is 0 Å². The topological polar surface area (TPSA) is 88.1 Å². The summed E-state index contributed by atoms with van der Waals surface area (Å²) in [7, 11) is 2.87. The minimum atomic E-state index is -0.894. The zero-order chi connectivity index (χ0) is 25.0. The smallest absolute Gasteiger partial charge is 0.309 e. The molecule has 1 aliphatic rings. The summed E-state index contributed by atoms with van der Waals surface area (Å²) in [6.45, 7) is 9.11. The average Bonchev–Trinajstić information content (AvgIpc) is 3.06. The number of rotatable bonds is 14. The van der Waals surface area contributed by atoms with Crippen LogP contribution < -0.4 is 0 Å². The van der Waals surface area contributed by atoms with Crippen LogP contribution in [-0.2, 0) is 33.3 Å². The van der Waals surface area contributed by atoms with Gasteiger partial charge in [0.2, 0.25) is 0 Å². The molecule has 1 fully saturated rings. The molecule has 0 amide bonds. The van der Waals surface area contributed by atoms with Crippen molar-refractivity contribution in [1.29, 1.82) is 0 Å². The van der Waals surface area contributed by atoms with Gasteiger partial charge in [-0.05, 0) is 39.5 Å². The number of carbonyl (C=O) groups is 3. The standard InChI is InChI=1S/C26H40O7/c1-8-22(28)24(30-6)25(31-7)23(32-20(5)27)14-10-12-17(2)11-9-13-18(3)15-21-16-19(4)26(29)33-21/h12-13,19,21,24H,8-11,14-16H2,1-7H3/b17-12?,18-13?,25-23-. The van der Waals surface area contributed by atoms with Crippen LogP contribution in [0.1, 0.15) is 79.6 Å². The molecule has 7 heteroatoms. The molecule has 33 heavy (non-hydrogen) atoms. The van der Waals surface area contributed by atoms with Crippen molar-refractivity contribution in [3.8, 4) is 0 Å². The zero-order valence-electron chi connectivity index (χ0n) is 21.2. The van der Waals surface area contributed by atoms with Gasteiger partial charge in [-0.1, -0.05) is 37.1 Å². The lowest BCUT2D eigenvalue weighted by atomic mass is 10.0. The van der Waals surface area contributed by atoms with Crippen molar-refractivity contribution >= 4 is 17.7 Å². The van der Waals surface area contributed by atoms with E-state index in [1.165, 1.54) is 32.3 Å². The van der Waals surface area contributed by atoms with Gasteiger partial charge in [0, 0.05) is 33.3 Å². The lowest BCUT2D eigenvalue weighted by Gasteiger charge is -2.20. The average molecular weight is 465 g/mol. The molecule has 0 radical (unpaired) electrons. The second kappa shape index (κ2) is 14.7. The molecule has 1 rings (SSSR count). The van der Waals surface area contributed by atoms with E-state index in [0.717, 1.165) is 25.7 Å². The highest BCUT2D eigenvalue weighted by Gasteiger charge is 2.30. The molecule has 0 aliphatic carbocycles. The van der Waals surface area contributed by atoms with E-state index in [1.807, 2.05) is 6.92 Å². The first-order valence-corrected chi connectivity index (χ1v) is 11.7. The van der Waals surface area contributed by atoms with Gasteiger partial charge in [-0.2, -0.15) is 0 Å². The van der Waals surface area contributed by atoms with Crippen LogP contribution in [0.4, 0.5) is 0 Å². The van der Waals surface area contributed by atoms with Crippen molar-refractivity contribution in [2.75, 3.05) is 14.2 Å². The summed E-state index contributed by atoms with van der Waals surface area (Å²) in [5.41, 5.74) is 2.44. The third-order valence-corrected chi connectivity index (χ3v) is 5.62. The van der Waals surface area contributed by atoms with Crippen molar-refractivity contribution in [1.82, 2.24) is 0 Å². The molecule has 1 heterocycles. The van der Waals surface area contributed by atoms with E-state index in [0.29, 0.717) is 18.6 Å². The Bertz CT molecular complexity index is 776. The highest BCUT2D eigenvalue weighted by atomic mass is 16.6. The number of ether oxygens (including phenoxy) is 4. The van der Waals surface area contributed by atoms with Gasteiger partial charge in [0.05, 0.1) is 13.0 Å². The van der Waals surface area contributed by atoms with Crippen LogP contribution in [0, 0.1) is 5.92 Å². The first kappa shape index (κ1) is 28.6. The van der Waals surface area contributed by atoms with Gasteiger partial charge >= 0.3 is 11.9 Å². The van der Waals surface area contributed by atoms with Gasteiger partial charge in [0.1, 0.15) is 11.9 Å². The fraction of sp³-hybridized carbons (Fsp3) is 0.654. The van der Waals surface area contributed by atoms with E-state index in [-0.39, 0.29) is 36.0 Å². The van der Waals surface area contributed by atoms with Gasteiger partial charge in [0.25, 0.3) is 0 Å². The largest absolute Gasteiger partial charge is 0.494 e. The SMILES string of the molecule is CCC(=O)C(OC)/C(OC)=C(\CCC=C(C)CCC=C(C)CC1CC(C)C(=O)O1)OC(C)=O. The minimum Gasteiger partial charge on any atom is -0.494 e. The molecule has 0 bridgehead atoms. The van der Waals surface area contributed by atoms with Gasteiger partial charge in [-0.15, -0.1) is 0 Å². The number of hydrogen-bond donors (Lipinski definition) is 0. The monoisotopic (exact) mass is 464 g/mol. The third kappa shape index (κ3) is 9.95. The molecule has 0 N–H and O–H groups in total. The predicted octanol–water partition coefficient (Wildman–Crippen LogP) is 5.20. The summed E-state index contributed by atoms with van der Waals surface area (Å²) in [5, 5.41) is 0. The molecule has 3 unspecified atom stereocenters. The van der Waals surface area contributed by atoms with E-state index >= 15 is 0 Å². The summed E-state index contributed by atoms with van der Waals surface area (Å²) in [6.07, 6.45) is 8.11. The first-order chi connectivity index (χ1) is 15.6. The van der Waals surface area contributed by atoms with Crippen LogP contribution in [0.15, 0.2) is 34.8 Å². The molecule has 0 aromatic carbocycles. The van der Waals surface area contributed by atoms with Gasteiger partial charge in [-0.25, -0.2) is 0 Å². The van der Waals surface area contributed by atoms with Crippen molar-refractivity contribution in [2.24, 2.45) is 5.92 Å². The van der Waals surface area contributed by atoms with Gasteiger partial charge < -0.3 is 18.9 Å². The summed E-state index contributed by atoms with van der Waals surface area (Å²) < 4.78 is 21.5. The molecule has 186 valence electrons. The number of carbonyl (C=O) groups excluding carboxylic acids is 3. The molecule has 7 nitrogen and oxygen atoms in total. The Labute approximate surface area is 198 Å². The second-order valence-electron chi connectivity index (χ2n) is 8.60. The maximum absolute atomic E-state index is 12.2. The fourth-order valence-corrected chi connectivity index (χ4v) is 3.82. The molecule has 1 saturated heterocycles. The Hall–Kier alpha value is -2.41. The number of allylic oxidation sites excluding steroid dienone is 4. The number of esters is 2. The molecule has 0 aromatic heterocycles. The maximum atomic E-state index is 12.2. The highest BCUT2D eigenvalue weighted by Crippen LogP contribution is 2.26. The van der Waals surface area contributed by atoms with Crippen molar-refractivity contribution in [3.05, 3.63) is 34.8 Å². The molecule has 1 aliphatic heterocycles. The van der Waals surface area contributed by atoms with Crippen LogP contribution >= 0.6 is 0 Å². The predicted molar refractivity (Wildman–Crippen MR) is 126 cm³/mol. The van der Waals surface area contributed by atoms with E-state index in [4.69, 9.17) is 18.9 Å². The fourth-order valence-electron chi connectivity index (χ4n) is 3.82. The number of ketones is 1. The van der Waals surface area contributed by atoms with Crippen LogP contribution in [0.3, 0.4) is 0 Å². The van der Waals surface area contributed by atoms with E-state index in [2.05, 4.69) is 26.0 Å². The Balaban J connectivity index is 2.68. The lowest BCUT2D eigenvalue weighted by Crippen LogP contribution is -2.27. The van der Waals surface area contributed by atoms with Crippen molar-refractivity contribution < 1.29 is 33.3 Å². The highest BCUT2D eigenvalue weighted by molar-refractivity contribution is 5.85. The normalized spacial score (nSPS) is 20.8.